The van der Waals surface area contributed by atoms with Gasteiger partial charge in [-0.1, -0.05) is 60.1 Å². The number of rotatable bonds is 30. The zero-order valence-electron chi connectivity index (χ0n) is 61.8. The number of carboxylic acids is 1. The van der Waals surface area contributed by atoms with Crippen LogP contribution in [-0.2, 0) is 104 Å². The van der Waals surface area contributed by atoms with Crippen molar-refractivity contribution in [1.29, 1.82) is 0 Å². The van der Waals surface area contributed by atoms with Crippen molar-refractivity contribution in [3.05, 3.63) is 54.2 Å². The average molecular weight is 1600 g/mol. The third kappa shape index (κ3) is 32.3. The van der Waals surface area contributed by atoms with E-state index < -0.39 is 254 Å². The SMILES string of the molecule is CC[C@H](C)[C@@H]1NC(=O)[C@H](C)NC(=O)C(Cc2c[nH]c3ccccc23)NC(=O)[C@H](CCC(N)=O)NC(=O)CNC(=O)[C@H](C)NC(=O)C(NC(=O)[C@H](CCCCN)NC(=O)CN)CSSCC(C(=O)N[C@@H](C)C(=O)NCC(=O)NCC(=O)N[C@@H](CC(N)=O)C(=O)NCC(=O)O)NC(=O)[C@H](C)NC(=O)C(Cc2c[nH]cn2)NC1=O. The number of hydrogen-bond acceptors (Lipinski definition) is 24. The molecule has 0 saturated carbocycles. The van der Waals surface area contributed by atoms with Gasteiger partial charge in [-0.25, -0.2) is 4.98 Å². The molecule has 4 rings (SSSR count). The summed E-state index contributed by atoms with van der Waals surface area (Å²) in [5.74, 6) is -20.7. The van der Waals surface area contributed by atoms with Crippen molar-refractivity contribution in [1.82, 2.24) is 100 Å². The van der Waals surface area contributed by atoms with Crippen molar-refractivity contribution in [3.63, 3.8) is 0 Å². The van der Waals surface area contributed by atoms with E-state index in [2.05, 4.69) is 94.7 Å². The number of carboxylic acid groups (broad SMARTS) is 1. The van der Waals surface area contributed by atoms with E-state index in [1.807, 2.05) is 5.32 Å². The van der Waals surface area contributed by atoms with Crippen molar-refractivity contribution in [2.75, 3.05) is 50.8 Å². The minimum absolute atomic E-state index is 0.00992. The number of unbranched alkanes of at least 4 members (excludes halogenated alkanes) is 1. The molecular formula is C66H99N23O20S2. The molecule has 2 aromatic heterocycles. The first kappa shape index (κ1) is 91.9. The standard InChI is InChI=1S/C66H99N23O20S2/c1-7-31(2)54-66(109)86-43(19-37-23-71-30-77-37)63(106)80-34(5)57(100)87-45(64(107)78-32(3)55(98)74-24-50(93)73-25-51(94)84-44(20-48(70)91)59(102)76-27-53(96)97)28-110-111-29-46(88-60(103)40(14-10-11-17-67)82-49(92)21-68)65(108)79-33(4)56(99)75-26-52(95)83-41(15-16-47(69)90)61(104)85-42(62(105)81-35(6)58(101)89-54)18-36-22-72-39-13-9-8-12-38(36)39/h8-9,12-13,22-23,30-35,40-46,54,72H,7,10-11,14-21,24-29,67-68H2,1-6H3,(H2,69,90)(H2,70,91)(H,71,77)(H,73,93)(H,74,98)(H,75,99)(H,76,102)(H,78,107)(H,79,108)(H,80,106)(H,81,105)(H,82,92)(H,83,95)(H,84,94)(H,85,104)(H,86,109)(H,87,100)(H,88,103)(H,89,101)(H,96,97)/t31-,32-,33-,34-,35-,40-,41-,42?,43?,44-,45?,46?,54-/m0/s1. The Balaban J connectivity index is 1.75. The molecule has 1 saturated heterocycles. The van der Waals surface area contributed by atoms with Gasteiger partial charge in [0.2, 0.25) is 106 Å². The van der Waals surface area contributed by atoms with Gasteiger partial charge in [-0.2, -0.15) is 0 Å². The summed E-state index contributed by atoms with van der Waals surface area (Å²) in [6.07, 6.45) is 3.06. The predicted octanol–water partition coefficient (Wildman–Crippen LogP) is -9.21. The van der Waals surface area contributed by atoms with E-state index in [1.54, 1.807) is 44.3 Å². The highest BCUT2D eigenvalue weighted by molar-refractivity contribution is 8.76. The van der Waals surface area contributed by atoms with Crippen LogP contribution in [0.15, 0.2) is 43.0 Å². The number of aliphatic carboxylic acids is 1. The van der Waals surface area contributed by atoms with E-state index in [0.29, 0.717) is 29.3 Å². The summed E-state index contributed by atoms with van der Waals surface area (Å²) in [6.45, 7) is 4.49. The lowest BCUT2D eigenvalue weighted by atomic mass is 9.97. The fourth-order valence-electron chi connectivity index (χ4n) is 10.4. The summed E-state index contributed by atoms with van der Waals surface area (Å²) in [7, 11) is 1.61. The van der Waals surface area contributed by atoms with Crippen LogP contribution in [0.25, 0.3) is 10.9 Å². The molecule has 1 aromatic carbocycles. The summed E-state index contributed by atoms with van der Waals surface area (Å²) in [5, 5.41) is 48.1. The number of nitrogens with one attached hydrogen (secondary N) is 18. The first-order valence-electron chi connectivity index (χ1n) is 35.2. The van der Waals surface area contributed by atoms with Crippen LogP contribution in [0.2, 0.25) is 0 Å². The van der Waals surface area contributed by atoms with Crippen molar-refractivity contribution >= 4 is 145 Å². The average Bonchev–Trinajstić information content (AvgIpc) is 1.67. The molecule has 0 radical (unpaired) electrons. The number of benzene rings is 1. The number of nitrogens with two attached hydrogens (primary N) is 4. The largest absolute Gasteiger partial charge is 0.480 e. The summed E-state index contributed by atoms with van der Waals surface area (Å²) in [5.41, 5.74) is 23.3. The zero-order valence-corrected chi connectivity index (χ0v) is 63.5. The maximum atomic E-state index is 14.6. The maximum Gasteiger partial charge on any atom is 0.322 e. The molecule has 111 heavy (non-hydrogen) atoms. The lowest BCUT2D eigenvalue weighted by Crippen LogP contribution is -2.61. The topological polar surface area (TPSA) is 686 Å². The second-order valence-corrected chi connectivity index (χ2v) is 28.3. The van der Waals surface area contributed by atoms with E-state index in [4.69, 9.17) is 28.0 Å². The normalized spacial score (nSPS) is 21.6. The van der Waals surface area contributed by atoms with Gasteiger partial charge in [0, 0.05) is 54.1 Å². The van der Waals surface area contributed by atoms with Crippen molar-refractivity contribution < 1.29 is 96.2 Å². The highest BCUT2D eigenvalue weighted by atomic mass is 33.1. The maximum absolute atomic E-state index is 14.6. The number of para-hydroxylation sites is 1. The summed E-state index contributed by atoms with van der Waals surface area (Å²) in [4.78, 5) is 265. The van der Waals surface area contributed by atoms with Crippen LogP contribution in [0.5, 0.6) is 0 Å². The molecular weight excluding hydrogens is 1500 g/mol. The third-order valence-corrected chi connectivity index (χ3v) is 19.3. The first-order chi connectivity index (χ1) is 52.5. The van der Waals surface area contributed by atoms with Crippen molar-refractivity contribution in [3.8, 4) is 0 Å². The molecule has 3 heterocycles. The second-order valence-electron chi connectivity index (χ2n) is 25.8. The molecule has 13 atom stereocenters. The fraction of sp³-hybridized carbons (Fsp3) is 0.545. The molecule has 1 aliphatic heterocycles. The van der Waals surface area contributed by atoms with E-state index in [9.17, 15) is 91.1 Å². The Morgan fingerprint density at radius 1 is 0.604 bits per heavy atom. The molecule has 4 unspecified atom stereocenters. The number of carbonyl (C=O) groups excluding carboxylic acids is 18. The van der Waals surface area contributed by atoms with Crippen LogP contribution >= 0.6 is 21.6 Å². The van der Waals surface area contributed by atoms with E-state index in [0.717, 1.165) is 21.6 Å². The quantitative estimate of drug-likeness (QED) is 0.0218. The molecule has 1 fully saturated rings. The number of nitrogens with zero attached hydrogens (tertiary/aromatic N) is 1. The van der Waals surface area contributed by atoms with Crippen LogP contribution in [0, 0.1) is 5.92 Å². The minimum atomic E-state index is -1.68. The fourth-order valence-corrected chi connectivity index (χ4v) is 12.7. The monoisotopic (exact) mass is 1600 g/mol. The zero-order chi connectivity index (χ0) is 82.6. The Hall–Kier alpha value is -11.5. The Labute approximate surface area is 644 Å². The van der Waals surface area contributed by atoms with Gasteiger partial charge in [-0.15, -0.1) is 0 Å². The Bertz CT molecular complexity index is 3830. The van der Waals surface area contributed by atoms with Gasteiger partial charge in [-0.05, 0) is 77.5 Å². The summed E-state index contributed by atoms with van der Waals surface area (Å²) in [6, 6.07) is -11.4. The number of H-pyrrole nitrogens is 2. The van der Waals surface area contributed by atoms with Gasteiger partial charge < -0.3 is 123 Å². The number of amides is 18. The Morgan fingerprint density at radius 3 is 1.84 bits per heavy atom. The molecule has 3 aromatic rings. The second kappa shape index (κ2) is 46.8. The molecule has 43 nitrogen and oxygen atoms in total. The Kier molecular flexibility index (Phi) is 38.7. The highest BCUT2D eigenvalue weighted by Crippen LogP contribution is 2.24. The number of primary amides is 2. The first-order valence-corrected chi connectivity index (χ1v) is 37.7. The highest BCUT2D eigenvalue weighted by Gasteiger charge is 2.37. The lowest BCUT2D eigenvalue weighted by molar-refractivity contribution is -0.138. The van der Waals surface area contributed by atoms with Gasteiger partial charge in [0.05, 0.1) is 44.6 Å². The molecule has 27 N–H and O–H groups in total. The Morgan fingerprint density at radius 2 is 1.21 bits per heavy atom. The number of imidazole rings is 1. The number of fused-ring (bicyclic) bond motifs is 1. The molecule has 0 bridgehead atoms. The molecule has 1 aliphatic rings. The third-order valence-electron chi connectivity index (χ3n) is 16.8. The smallest absolute Gasteiger partial charge is 0.322 e. The lowest BCUT2D eigenvalue weighted by Gasteiger charge is -2.29. The molecule has 610 valence electrons. The summed E-state index contributed by atoms with van der Waals surface area (Å²) >= 11 is 0. The van der Waals surface area contributed by atoms with Crippen molar-refractivity contribution in [2.45, 2.75) is 172 Å². The van der Waals surface area contributed by atoms with Crippen LogP contribution in [0.4, 0.5) is 0 Å². The van der Waals surface area contributed by atoms with Crippen molar-refractivity contribution in [2.24, 2.45) is 28.9 Å². The van der Waals surface area contributed by atoms with Crippen LogP contribution in [0.3, 0.4) is 0 Å². The van der Waals surface area contributed by atoms with E-state index in [-0.39, 0.29) is 37.9 Å². The van der Waals surface area contributed by atoms with E-state index in [1.165, 1.54) is 40.2 Å². The van der Waals surface area contributed by atoms with E-state index >= 15 is 0 Å². The summed E-state index contributed by atoms with van der Waals surface area (Å²) < 4.78 is 0. The van der Waals surface area contributed by atoms with Gasteiger partial charge >= 0.3 is 5.97 Å². The molecule has 0 aliphatic carbocycles. The van der Waals surface area contributed by atoms with Crippen LogP contribution in [-0.4, -0.2) is 256 Å². The predicted molar refractivity (Wildman–Crippen MR) is 398 cm³/mol. The minimum Gasteiger partial charge on any atom is -0.480 e. The van der Waals surface area contributed by atoms with Gasteiger partial charge in [0.15, 0.2) is 0 Å². The molecule has 0 spiro atoms. The number of aromatic amines is 2. The van der Waals surface area contributed by atoms with Crippen LogP contribution in [0.1, 0.15) is 97.7 Å². The molecule has 18 amide bonds. The molecule has 45 heteroatoms. The number of carbonyl (C=O) groups is 19. The van der Waals surface area contributed by atoms with Gasteiger partial charge in [-0.3, -0.25) is 91.1 Å². The number of hydrogen-bond donors (Lipinski definition) is 23. The van der Waals surface area contributed by atoms with Gasteiger partial charge in [0.1, 0.15) is 79.0 Å². The number of aromatic nitrogens is 3. The van der Waals surface area contributed by atoms with Crippen LogP contribution < -0.4 is 108 Å². The van der Waals surface area contributed by atoms with Gasteiger partial charge in [0.25, 0.3) is 0 Å².